The predicted molar refractivity (Wildman–Crippen MR) is 104 cm³/mol. The van der Waals surface area contributed by atoms with Crippen molar-refractivity contribution >= 4 is 11.6 Å². The van der Waals surface area contributed by atoms with Crippen LogP contribution < -0.4 is 5.32 Å². The average molecular weight is 368 g/mol. The molecule has 1 fully saturated rings. The third kappa shape index (κ3) is 5.60. The van der Waals surface area contributed by atoms with E-state index in [0.717, 1.165) is 39.3 Å². The molecule has 1 aliphatic heterocycles. The minimum absolute atomic E-state index is 0.0140. The van der Waals surface area contributed by atoms with Gasteiger partial charge in [0.2, 0.25) is 0 Å². The molecule has 2 aromatic carbocycles. The average Bonchev–Trinajstić information content (AvgIpc) is 2.70. The molecule has 1 saturated heterocycles. The lowest BCUT2D eigenvalue weighted by Gasteiger charge is -2.34. The third-order valence-corrected chi connectivity index (χ3v) is 4.77. The summed E-state index contributed by atoms with van der Waals surface area (Å²) in [5.74, 6) is -0.201. The molecule has 0 aliphatic carbocycles. The van der Waals surface area contributed by atoms with Gasteiger partial charge in [0.15, 0.2) is 0 Å². The molecule has 0 aromatic heterocycles. The smallest absolute Gasteiger partial charge is 0.269 e. The van der Waals surface area contributed by atoms with Crippen LogP contribution in [0.1, 0.15) is 15.9 Å². The second-order valence-electron chi connectivity index (χ2n) is 6.66. The van der Waals surface area contributed by atoms with Crippen LogP contribution >= 0.6 is 0 Å². The van der Waals surface area contributed by atoms with E-state index >= 15 is 0 Å². The largest absolute Gasteiger partial charge is 0.351 e. The normalized spacial score (nSPS) is 15.4. The Hall–Kier alpha value is -2.77. The number of nitro benzene ring substituents is 1. The molecule has 0 saturated carbocycles. The van der Waals surface area contributed by atoms with Gasteiger partial charge in [0.25, 0.3) is 11.6 Å². The number of nitro groups is 1. The molecule has 0 radical (unpaired) electrons. The van der Waals surface area contributed by atoms with Crippen LogP contribution in [0.3, 0.4) is 0 Å². The predicted octanol–water partition coefficient (Wildman–Crippen LogP) is 2.14. The second kappa shape index (κ2) is 9.25. The van der Waals surface area contributed by atoms with Gasteiger partial charge in [-0.15, -0.1) is 0 Å². The topological polar surface area (TPSA) is 78.7 Å². The van der Waals surface area contributed by atoms with E-state index < -0.39 is 4.92 Å². The molecule has 1 N–H and O–H groups in total. The van der Waals surface area contributed by atoms with E-state index in [1.807, 2.05) is 6.07 Å². The summed E-state index contributed by atoms with van der Waals surface area (Å²) in [4.78, 5) is 27.1. The number of benzene rings is 2. The van der Waals surface area contributed by atoms with Crippen molar-refractivity contribution in [2.75, 3.05) is 39.3 Å². The molecule has 27 heavy (non-hydrogen) atoms. The third-order valence-electron chi connectivity index (χ3n) is 4.77. The van der Waals surface area contributed by atoms with E-state index in [1.165, 1.54) is 29.8 Å². The summed E-state index contributed by atoms with van der Waals surface area (Å²) in [5, 5.41) is 13.5. The van der Waals surface area contributed by atoms with Crippen LogP contribution in [0.25, 0.3) is 0 Å². The Labute approximate surface area is 158 Å². The SMILES string of the molecule is O=C(NCCN1CCN(Cc2ccccc2)CC1)c1ccc([N+](=O)[O-])cc1. The number of carbonyl (C=O) groups excluding carboxylic acids is 1. The molecule has 1 aliphatic rings. The van der Waals surface area contributed by atoms with E-state index in [4.69, 9.17) is 0 Å². The van der Waals surface area contributed by atoms with E-state index in [1.54, 1.807) is 0 Å². The molecule has 0 spiro atoms. The number of hydrogen-bond donors (Lipinski definition) is 1. The van der Waals surface area contributed by atoms with Crippen LogP contribution in [0, 0.1) is 10.1 Å². The molecule has 3 rings (SSSR count). The fourth-order valence-electron chi connectivity index (χ4n) is 3.18. The van der Waals surface area contributed by atoms with Crippen LogP contribution in [-0.4, -0.2) is 59.9 Å². The van der Waals surface area contributed by atoms with Crippen molar-refractivity contribution in [2.24, 2.45) is 0 Å². The van der Waals surface area contributed by atoms with Crippen molar-refractivity contribution < 1.29 is 9.72 Å². The van der Waals surface area contributed by atoms with Gasteiger partial charge >= 0.3 is 0 Å². The fourth-order valence-corrected chi connectivity index (χ4v) is 3.18. The Morgan fingerprint density at radius 2 is 1.59 bits per heavy atom. The van der Waals surface area contributed by atoms with Gasteiger partial charge in [0.05, 0.1) is 4.92 Å². The van der Waals surface area contributed by atoms with Crippen molar-refractivity contribution in [1.29, 1.82) is 0 Å². The van der Waals surface area contributed by atoms with E-state index in [-0.39, 0.29) is 11.6 Å². The van der Waals surface area contributed by atoms with Crippen LogP contribution in [-0.2, 0) is 6.54 Å². The quantitative estimate of drug-likeness (QED) is 0.598. The van der Waals surface area contributed by atoms with Gasteiger partial charge in [-0.2, -0.15) is 0 Å². The molecule has 1 heterocycles. The first kappa shape index (κ1) is 19.0. The van der Waals surface area contributed by atoms with Crippen LogP contribution in [0.15, 0.2) is 54.6 Å². The number of amides is 1. The van der Waals surface area contributed by atoms with Crippen molar-refractivity contribution in [3.05, 3.63) is 75.8 Å². The maximum Gasteiger partial charge on any atom is 0.269 e. The molecule has 7 nitrogen and oxygen atoms in total. The van der Waals surface area contributed by atoms with Gasteiger partial charge in [-0.05, 0) is 17.7 Å². The highest BCUT2D eigenvalue weighted by Crippen LogP contribution is 2.12. The first-order valence-electron chi connectivity index (χ1n) is 9.13. The van der Waals surface area contributed by atoms with Gasteiger partial charge in [0.1, 0.15) is 0 Å². The lowest BCUT2D eigenvalue weighted by Crippen LogP contribution is -2.48. The molecule has 0 bridgehead atoms. The summed E-state index contributed by atoms with van der Waals surface area (Å²) in [6, 6.07) is 16.1. The van der Waals surface area contributed by atoms with Crippen molar-refractivity contribution in [2.45, 2.75) is 6.54 Å². The summed E-state index contributed by atoms with van der Waals surface area (Å²) >= 11 is 0. The van der Waals surface area contributed by atoms with Crippen molar-refractivity contribution in [3.8, 4) is 0 Å². The summed E-state index contributed by atoms with van der Waals surface area (Å²) in [7, 11) is 0. The Kier molecular flexibility index (Phi) is 6.51. The van der Waals surface area contributed by atoms with Gasteiger partial charge in [0, 0.05) is 63.5 Å². The van der Waals surface area contributed by atoms with Gasteiger partial charge in [-0.25, -0.2) is 0 Å². The zero-order valence-electron chi connectivity index (χ0n) is 15.2. The Morgan fingerprint density at radius 1 is 0.963 bits per heavy atom. The van der Waals surface area contributed by atoms with Crippen LogP contribution in [0.5, 0.6) is 0 Å². The van der Waals surface area contributed by atoms with E-state index in [0.29, 0.717) is 12.1 Å². The first-order valence-corrected chi connectivity index (χ1v) is 9.13. The highest BCUT2D eigenvalue weighted by molar-refractivity contribution is 5.94. The molecule has 1 amide bonds. The number of hydrogen-bond acceptors (Lipinski definition) is 5. The first-order chi connectivity index (χ1) is 13.1. The van der Waals surface area contributed by atoms with Gasteiger partial charge < -0.3 is 5.32 Å². The minimum Gasteiger partial charge on any atom is -0.351 e. The van der Waals surface area contributed by atoms with Crippen LogP contribution in [0.4, 0.5) is 5.69 Å². The Bertz CT molecular complexity index is 757. The Balaban J connectivity index is 1.36. The van der Waals surface area contributed by atoms with Gasteiger partial charge in [-0.1, -0.05) is 30.3 Å². The molecular formula is C20H24N4O3. The molecule has 0 unspecified atom stereocenters. The van der Waals surface area contributed by atoms with Crippen LogP contribution in [0.2, 0.25) is 0 Å². The molecule has 0 atom stereocenters. The standard InChI is InChI=1S/C20H24N4O3/c25-20(18-6-8-19(9-7-18)24(26)27)21-10-11-22-12-14-23(15-13-22)16-17-4-2-1-3-5-17/h1-9H,10-16H2,(H,21,25). The molecule has 142 valence electrons. The maximum atomic E-state index is 12.1. The Morgan fingerprint density at radius 3 is 2.22 bits per heavy atom. The summed E-state index contributed by atoms with van der Waals surface area (Å²) < 4.78 is 0. The lowest BCUT2D eigenvalue weighted by molar-refractivity contribution is -0.384. The molecular weight excluding hydrogens is 344 g/mol. The lowest BCUT2D eigenvalue weighted by atomic mass is 10.2. The number of piperazine rings is 1. The van der Waals surface area contributed by atoms with Crippen molar-refractivity contribution in [1.82, 2.24) is 15.1 Å². The van der Waals surface area contributed by atoms with E-state index in [2.05, 4.69) is 39.4 Å². The molecule has 2 aromatic rings. The summed E-state index contributed by atoms with van der Waals surface area (Å²) in [6.07, 6.45) is 0. The monoisotopic (exact) mass is 368 g/mol. The second-order valence-corrected chi connectivity index (χ2v) is 6.66. The fraction of sp³-hybridized carbons (Fsp3) is 0.350. The zero-order chi connectivity index (χ0) is 19.1. The number of rotatable bonds is 7. The summed E-state index contributed by atoms with van der Waals surface area (Å²) in [6.45, 7) is 6.36. The zero-order valence-corrected chi connectivity index (χ0v) is 15.2. The van der Waals surface area contributed by atoms with Gasteiger partial charge in [-0.3, -0.25) is 24.7 Å². The van der Waals surface area contributed by atoms with Crippen molar-refractivity contribution in [3.63, 3.8) is 0 Å². The highest BCUT2D eigenvalue weighted by Gasteiger charge is 2.17. The minimum atomic E-state index is -0.473. The maximum absolute atomic E-state index is 12.1. The number of carbonyl (C=O) groups is 1. The van der Waals surface area contributed by atoms with E-state index in [9.17, 15) is 14.9 Å². The number of nitrogens with zero attached hydrogens (tertiary/aromatic N) is 3. The number of non-ortho nitro benzene ring substituents is 1. The highest BCUT2D eigenvalue weighted by atomic mass is 16.6. The summed E-state index contributed by atoms with van der Waals surface area (Å²) in [5.41, 5.74) is 1.76. The number of nitrogens with one attached hydrogen (secondary N) is 1. The molecule has 7 heteroatoms.